The summed E-state index contributed by atoms with van der Waals surface area (Å²) in [6.45, 7) is 2.86. The number of hydrogen-bond acceptors (Lipinski definition) is 3. The zero-order valence-electron chi connectivity index (χ0n) is 10.5. The molecule has 0 atom stereocenters. The van der Waals surface area contributed by atoms with Gasteiger partial charge in [0, 0.05) is 12.1 Å². The van der Waals surface area contributed by atoms with Crippen LogP contribution in [0.5, 0.6) is 5.75 Å². The molecule has 1 aromatic carbocycles. The maximum atomic E-state index is 13.6. The van der Waals surface area contributed by atoms with Crippen molar-refractivity contribution in [3.05, 3.63) is 30.3 Å². The molecule has 0 spiro atoms. The Balaban J connectivity index is 2.39. The highest BCUT2D eigenvalue weighted by atomic mass is 19.1. The van der Waals surface area contributed by atoms with Crippen LogP contribution < -0.4 is 10.5 Å². The zero-order valence-corrected chi connectivity index (χ0v) is 10.5. The van der Waals surface area contributed by atoms with Gasteiger partial charge in [-0.25, -0.2) is 9.37 Å². The maximum Gasteiger partial charge on any atom is 0.165 e. The van der Waals surface area contributed by atoms with E-state index in [4.69, 9.17) is 10.5 Å². The van der Waals surface area contributed by atoms with Crippen molar-refractivity contribution in [2.45, 2.75) is 19.9 Å². The van der Waals surface area contributed by atoms with E-state index in [1.54, 1.807) is 18.5 Å². The van der Waals surface area contributed by atoms with Crippen molar-refractivity contribution in [3.63, 3.8) is 0 Å². The lowest BCUT2D eigenvalue weighted by Crippen LogP contribution is -2.01. The Labute approximate surface area is 105 Å². The van der Waals surface area contributed by atoms with Crippen LogP contribution in [0.1, 0.15) is 13.3 Å². The fraction of sp³-hybridized carbons (Fsp3) is 0.308. The van der Waals surface area contributed by atoms with Crippen molar-refractivity contribution in [3.8, 4) is 17.0 Å². The molecule has 0 fully saturated rings. The van der Waals surface area contributed by atoms with Crippen molar-refractivity contribution in [2.75, 3.05) is 12.8 Å². The second-order valence-corrected chi connectivity index (χ2v) is 4.02. The van der Waals surface area contributed by atoms with Gasteiger partial charge in [0.2, 0.25) is 0 Å². The van der Waals surface area contributed by atoms with E-state index < -0.39 is 5.82 Å². The van der Waals surface area contributed by atoms with Gasteiger partial charge in [0.25, 0.3) is 0 Å². The number of rotatable bonds is 4. The van der Waals surface area contributed by atoms with Gasteiger partial charge in [-0.2, -0.15) is 0 Å². The molecular weight excluding hydrogens is 233 g/mol. The second kappa shape index (κ2) is 5.08. The summed E-state index contributed by atoms with van der Waals surface area (Å²) in [5.41, 5.74) is 7.24. The summed E-state index contributed by atoms with van der Waals surface area (Å²) >= 11 is 0. The molecule has 0 amide bonds. The van der Waals surface area contributed by atoms with Crippen LogP contribution in [0.2, 0.25) is 0 Å². The number of nitrogen functional groups attached to an aromatic ring is 1. The number of halogens is 1. The summed E-state index contributed by atoms with van der Waals surface area (Å²) in [5.74, 6) is 0.353. The zero-order chi connectivity index (χ0) is 13.1. The highest BCUT2D eigenvalue weighted by molar-refractivity contribution is 5.71. The number of ether oxygens (including phenoxy) is 1. The third kappa shape index (κ3) is 2.16. The van der Waals surface area contributed by atoms with Gasteiger partial charge in [-0.05, 0) is 24.6 Å². The minimum atomic E-state index is -0.417. The maximum absolute atomic E-state index is 13.6. The van der Waals surface area contributed by atoms with Gasteiger partial charge in [0.1, 0.15) is 11.5 Å². The van der Waals surface area contributed by atoms with E-state index in [-0.39, 0.29) is 5.75 Å². The average molecular weight is 249 g/mol. The summed E-state index contributed by atoms with van der Waals surface area (Å²) in [7, 11) is 1.43. The van der Waals surface area contributed by atoms with E-state index in [0.29, 0.717) is 17.1 Å². The Morgan fingerprint density at radius 2 is 2.22 bits per heavy atom. The summed E-state index contributed by atoms with van der Waals surface area (Å²) in [4.78, 5) is 4.23. The van der Waals surface area contributed by atoms with Gasteiger partial charge in [-0.3, -0.25) is 0 Å². The monoisotopic (exact) mass is 249 g/mol. The molecule has 0 unspecified atom stereocenters. The first-order chi connectivity index (χ1) is 8.67. The summed E-state index contributed by atoms with van der Waals surface area (Å²) < 4.78 is 20.4. The number of aromatic nitrogens is 2. The predicted molar refractivity (Wildman–Crippen MR) is 68.9 cm³/mol. The molecular formula is C13H16FN3O. The van der Waals surface area contributed by atoms with E-state index >= 15 is 0 Å². The van der Waals surface area contributed by atoms with Gasteiger partial charge < -0.3 is 15.0 Å². The number of hydrogen-bond donors (Lipinski definition) is 1. The topological polar surface area (TPSA) is 53.1 Å². The normalized spacial score (nSPS) is 10.6. The van der Waals surface area contributed by atoms with Gasteiger partial charge >= 0.3 is 0 Å². The summed E-state index contributed by atoms with van der Waals surface area (Å²) in [5, 5.41) is 0. The number of nitrogens with zero attached hydrogens (tertiary/aromatic N) is 2. The second-order valence-electron chi connectivity index (χ2n) is 4.02. The number of imidazole rings is 1. The molecule has 18 heavy (non-hydrogen) atoms. The third-order valence-corrected chi connectivity index (χ3v) is 2.77. The van der Waals surface area contributed by atoms with Crippen molar-refractivity contribution < 1.29 is 9.13 Å². The van der Waals surface area contributed by atoms with Crippen LogP contribution in [0.4, 0.5) is 10.2 Å². The Morgan fingerprint density at radius 3 is 2.83 bits per heavy atom. The minimum absolute atomic E-state index is 0.213. The average Bonchev–Trinajstić information content (AvgIpc) is 2.72. The van der Waals surface area contributed by atoms with Crippen molar-refractivity contribution >= 4 is 5.82 Å². The highest BCUT2D eigenvalue weighted by Gasteiger charge is 2.12. The first-order valence-electron chi connectivity index (χ1n) is 5.82. The quantitative estimate of drug-likeness (QED) is 0.906. The van der Waals surface area contributed by atoms with Crippen LogP contribution >= 0.6 is 0 Å². The first-order valence-corrected chi connectivity index (χ1v) is 5.82. The number of aryl methyl sites for hydroxylation is 1. The summed E-state index contributed by atoms with van der Waals surface area (Å²) in [6, 6.07) is 4.70. The number of nitrogens with two attached hydrogens (primary N) is 1. The fourth-order valence-electron chi connectivity index (χ4n) is 1.85. The fourth-order valence-corrected chi connectivity index (χ4v) is 1.85. The van der Waals surface area contributed by atoms with Crippen LogP contribution in [-0.4, -0.2) is 16.7 Å². The molecule has 5 heteroatoms. The van der Waals surface area contributed by atoms with E-state index in [2.05, 4.69) is 11.9 Å². The number of anilines is 1. The van der Waals surface area contributed by atoms with E-state index in [0.717, 1.165) is 13.0 Å². The molecule has 4 nitrogen and oxygen atoms in total. The molecule has 0 aliphatic carbocycles. The van der Waals surface area contributed by atoms with Gasteiger partial charge in [0.15, 0.2) is 11.6 Å². The molecule has 0 bridgehead atoms. The van der Waals surface area contributed by atoms with Crippen LogP contribution in [0.15, 0.2) is 24.5 Å². The molecule has 0 aliphatic rings. The number of benzene rings is 1. The van der Waals surface area contributed by atoms with Crippen LogP contribution in [0.25, 0.3) is 11.3 Å². The molecule has 96 valence electrons. The molecule has 2 rings (SSSR count). The Morgan fingerprint density at radius 1 is 1.44 bits per heavy atom. The molecule has 1 aromatic heterocycles. The predicted octanol–water partition coefficient (Wildman–Crippen LogP) is 2.69. The summed E-state index contributed by atoms with van der Waals surface area (Å²) in [6.07, 6.45) is 2.65. The molecule has 2 N–H and O–H groups in total. The Bertz CT molecular complexity index is 551. The molecule has 0 aliphatic heterocycles. The standard InChI is InChI=1S/C13H16FN3O/c1-3-6-17-8-16-12(13(17)15)9-4-5-11(18-2)10(14)7-9/h4-5,7-8H,3,6,15H2,1-2H3. The lowest BCUT2D eigenvalue weighted by Gasteiger charge is -2.05. The van der Waals surface area contributed by atoms with Gasteiger partial charge in [-0.1, -0.05) is 6.92 Å². The molecule has 1 heterocycles. The van der Waals surface area contributed by atoms with Crippen LogP contribution in [0, 0.1) is 5.82 Å². The minimum Gasteiger partial charge on any atom is -0.494 e. The third-order valence-electron chi connectivity index (χ3n) is 2.77. The largest absolute Gasteiger partial charge is 0.494 e. The van der Waals surface area contributed by atoms with Crippen molar-refractivity contribution in [2.24, 2.45) is 0 Å². The lowest BCUT2D eigenvalue weighted by molar-refractivity contribution is 0.386. The smallest absolute Gasteiger partial charge is 0.165 e. The van der Waals surface area contributed by atoms with Gasteiger partial charge in [-0.15, -0.1) is 0 Å². The first kappa shape index (κ1) is 12.4. The van der Waals surface area contributed by atoms with Crippen molar-refractivity contribution in [1.29, 1.82) is 0 Å². The SMILES string of the molecule is CCCn1cnc(-c2ccc(OC)c(F)c2)c1N. The number of methoxy groups -OCH3 is 1. The Kier molecular flexibility index (Phi) is 3.50. The van der Waals surface area contributed by atoms with Crippen LogP contribution in [-0.2, 0) is 6.54 Å². The molecule has 2 aromatic rings. The molecule has 0 saturated heterocycles. The van der Waals surface area contributed by atoms with Gasteiger partial charge in [0.05, 0.1) is 13.4 Å². The van der Waals surface area contributed by atoms with Crippen molar-refractivity contribution in [1.82, 2.24) is 9.55 Å². The van der Waals surface area contributed by atoms with E-state index in [1.807, 2.05) is 4.57 Å². The van der Waals surface area contributed by atoms with Crippen LogP contribution in [0.3, 0.4) is 0 Å². The highest BCUT2D eigenvalue weighted by Crippen LogP contribution is 2.28. The molecule has 0 radical (unpaired) electrons. The van der Waals surface area contributed by atoms with E-state index in [9.17, 15) is 4.39 Å². The lowest BCUT2D eigenvalue weighted by atomic mass is 10.1. The van der Waals surface area contributed by atoms with E-state index in [1.165, 1.54) is 13.2 Å². The molecule has 0 saturated carbocycles. The Hall–Kier alpha value is -2.04.